The van der Waals surface area contributed by atoms with E-state index >= 15 is 0 Å². The molecule has 0 saturated carbocycles. The molecular weight excluding hydrogens is 364 g/mol. The average Bonchev–Trinajstić information content (AvgIpc) is 2.61. The van der Waals surface area contributed by atoms with Crippen molar-refractivity contribution in [1.29, 1.82) is 0 Å². The summed E-state index contributed by atoms with van der Waals surface area (Å²) >= 11 is 3.67. The van der Waals surface area contributed by atoms with Crippen LogP contribution in [0.5, 0.6) is 0 Å². The zero-order valence-electron chi connectivity index (χ0n) is 16.3. The van der Waals surface area contributed by atoms with Crippen molar-refractivity contribution in [3.8, 4) is 0 Å². The van der Waals surface area contributed by atoms with E-state index in [0.29, 0.717) is 0 Å². The molecule has 0 spiro atoms. The van der Waals surface area contributed by atoms with Crippen LogP contribution in [0.15, 0.2) is 24.3 Å². The van der Waals surface area contributed by atoms with Gasteiger partial charge in [-0.05, 0) is 11.1 Å². The maximum absolute atomic E-state index is 11.5. The first-order valence-electron chi connectivity index (χ1n) is 9.19. The van der Waals surface area contributed by atoms with Gasteiger partial charge in [0.05, 0.1) is 0 Å². The first kappa shape index (κ1) is 22.9. The topological polar surface area (TPSA) is 58.2 Å². The summed E-state index contributed by atoms with van der Waals surface area (Å²) in [5, 5.41) is 5.87. The SMILES string of the molecule is CC(C)C(=O)NCCSCc1ccc(CSCCNC(=O)C(C)C)cc1. The molecule has 26 heavy (non-hydrogen) atoms. The van der Waals surface area contributed by atoms with E-state index in [1.165, 1.54) is 11.1 Å². The van der Waals surface area contributed by atoms with Crippen molar-refractivity contribution < 1.29 is 9.59 Å². The van der Waals surface area contributed by atoms with Crippen LogP contribution >= 0.6 is 23.5 Å². The number of carbonyl (C=O) groups is 2. The Balaban J connectivity index is 2.13. The standard InChI is InChI=1S/C20H32N2O2S2/c1-15(2)19(23)21-9-11-25-13-17-5-7-18(8-6-17)14-26-12-10-22-20(24)16(3)4/h5-8,15-16H,9-14H2,1-4H3,(H,21,23)(H,22,24). The molecule has 1 aromatic rings. The molecule has 146 valence electrons. The Kier molecular flexibility index (Phi) is 11.5. The molecule has 0 aromatic heterocycles. The minimum Gasteiger partial charge on any atom is -0.355 e. The van der Waals surface area contributed by atoms with Gasteiger partial charge in [-0.2, -0.15) is 23.5 Å². The molecule has 0 aliphatic rings. The predicted molar refractivity (Wildman–Crippen MR) is 114 cm³/mol. The third-order valence-electron chi connectivity index (χ3n) is 3.70. The summed E-state index contributed by atoms with van der Waals surface area (Å²) in [7, 11) is 0. The Morgan fingerprint density at radius 1 is 0.769 bits per heavy atom. The van der Waals surface area contributed by atoms with Gasteiger partial charge in [0.1, 0.15) is 0 Å². The minimum absolute atomic E-state index is 0.0527. The van der Waals surface area contributed by atoms with Crippen LogP contribution in [0.25, 0.3) is 0 Å². The average molecular weight is 397 g/mol. The summed E-state index contributed by atoms with van der Waals surface area (Å²) in [5.41, 5.74) is 2.62. The zero-order valence-corrected chi connectivity index (χ0v) is 18.0. The number of benzene rings is 1. The maximum atomic E-state index is 11.5. The molecule has 2 amide bonds. The number of hydrogen-bond acceptors (Lipinski definition) is 4. The lowest BCUT2D eigenvalue weighted by molar-refractivity contribution is -0.124. The van der Waals surface area contributed by atoms with Crippen molar-refractivity contribution >= 4 is 35.3 Å². The van der Waals surface area contributed by atoms with Crippen LogP contribution in [0.1, 0.15) is 38.8 Å². The molecular formula is C20H32N2O2S2. The Hall–Kier alpha value is -1.14. The molecule has 0 fully saturated rings. The van der Waals surface area contributed by atoms with Crippen LogP contribution in [-0.2, 0) is 21.1 Å². The van der Waals surface area contributed by atoms with E-state index < -0.39 is 0 Å². The van der Waals surface area contributed by atoms with Gasteiger partial charge < -0.3 is 10.6 Å². The summed E-state index contributed by atoms with van der Waals surface area (Å²) in [6, 6.07) is 8.71. The second-order valence-corrected chi connectivity index (χ2v) is 9.02. The third-order valence-corrected chi connectivity index (χ3v) is 5.76. The quantitative estimate of drug-likeness (QED) is 0.529. The molecule has 0 aliphatic carbocycles. The Bertz CT molecular complexity index is 496. The van der Waals surface area contributed by atoms with Crippen LogP contribution in [0.3, 0.4) is 0 Å². The van der Waals surface area contributed by atoms with Gasteiger partial charge in [-0.3, -0.25) is 9.59 Å². The van der Waals surface area contributed by atoms with Crippen molar-refractivity contribution in [1.82, 2.24) is 10.6 Å². The van der Waals surface area contributed by atoms with Gasteiger partial charge >= 0.3 is 0 Å². The highest BCUT2D eigenvalue weighted by molar-refractivity contribution is 7.98. The fraction of sp³-hybridized carbons (Fsp3) is 0.600. The fourth-order valence-electron chi connectivity index (χ4n) is 2.01. The number of rotatable bonds is 12. The maximum Gasteiger partial charge on any atom is 0.222 e. The Morgan fingerprint density at radius 3 is 1.42 bits per heavy atom. The second kappa shape index (κ2) is 13.1. The van der Waals surface area contributed by atoms with Crippen molar-refractivity contribution in [3.63, 3.8) is 0 Å². The van der Waals surface area contributed by atoms with E-state index in [0.717, 1.165) is 36.1 Å². The van der Waals surface area contributed by atoms with Crippen LogP contribution < -0.4 is 10.6 Å². The number of nitrogens with one attached hydrogen (secondary N) is 2. The normalized spacial score (nSPS) is 11.0. The largest absolute Gasteiger partial charge is 0.355 e. The fourth-order valence-corrected chi connectivity index (χ4v) is 3.65. The molecule has 0 aliphatic heterocycles. The number of carbonyl (C=O) groups excluding carboxylic acids is 2. The second-order valence-electron chi connectivity index (χ2n) is 6.81. The minimum atomic E-state index is 0.0527. The van der Waals surface area contributed by atoms with E-state index in [-0.39, 0.29) is 23.7 Å². The highest BCUT2D eigenvalue weighted by atomic mass is 32.2. The van der Waals surface area contributed by atoms with Crippen LogP contribution in [0, 0.1) is 11.8 Å². The smallest absolute Gasteiger partial charge is 0.222 e. The summed E-state index contributed by atoms with van der Waals surface area (Å²) in [6.07, 6.45) is 0. The van der Waals surface area contributed by atoms with Crippen molar-refractivity contribution in [3.05, 3.63) is 35.4 Å². The van der Waals surface area contributed by atoms with Gasteiger partial charge in [0.2, 0.25) is 11.8 Å². The molecule has 0 bridgehead atoms. The molecule has 0 radical (unpaired) electrons. The lowest BCUT2D eigenvalue weighted by Gasteiger charge is -2.08. The lowest BCUT2D eigenvalue weighted by atomic mass is 10.2. The van der Waals surface area contributed by atoms with E-state index in [4.69, 9.17) is 0 Å². The van der Waals surface area contributed by atoms with Gasteiger partial charge in [-0.25, -0.2) is 0 Å². The van der Waals surface area contributed by atoms with Crippen molar-refractivity contribution in [2.75, 3.05) is 24.6 Å². The first-order valence-corrected chi connectivity index (χ1v) is 11.5. The van der Waals surface area contributed by atoms with Gasteiger partial charge in [0, 0.05) is 47.9 Å². The first-order chi connectivity index (χ1) is 12.4. The van der Waals surface area contributed by atoms with Gasteiger partial charge in [-0.1, -0.05) is 52.0 Å². The lowest BCUT2D eigenvalue weighted by Crippen LogP contribution is -2.29. The van der Waals surface area contributed by atoms with Crippen LogP contribution in [0.4, 0.5) is 0 Å². The summed E-state index contributed by atoms with van der Waals surface area (Å²) < 4.78 is 0. The Labute approximate surface area is 166 Å². The highest BCUT2D eigenvalue weighted by Gasteiger charge is 2.06. The van der Waals surface area contributed by atoms with E-state index in [9.17, 15) is 9.59 Å². The van der Waals surface area contributed by atoms with Crippen molar-refractivity contribution in [2.45, 2.75) is 39.2 Å². The van der Waals surface area contributed by atoms with E-state index in [1.807, 2.05) is 51.2 Å². The third kappa shape index (κ3) is 10.1. The molecule has 0 heterocycles. The van der Waals surface area contributed by atoms with E-state index in [2.05, 4.69) is 34.9 Å². The van der Waals surface area contributed by atoms with Gasteiger partial charge in [-0.15, -0.1) is 0 Å². The number of thioether (sulfide) groups is 2. The molecule has 6 heteroatoms. The molecule has 1 rings (SSSR count). The molecule has 0 saturated heterocycles. The number of hydrogen-bond donors (Lipinski definition) is 2. The van der Waals surface area contributed by atoms with Gasteiger partial charge in [0.25, 0.3) is 0 Å². The number of amides is 2. The van der Waals surface area contributed by atoms with Crippen LogP contribution in [0.2, 0.25) is 0 Å². The van der Waals surface area contributed by atoms with Crippen molar-refractivity contribution in [2.24, 2.45) is 11.8 Å². The summed E-state index contributed by atoms with van der Waals surface area (Å²) in [5.74, 6) is 4.13. The molecule has 0 atom stereocenters. The predicted octanol–water partition coefficient (Wildman–Crippen LogP) is 3.70. The Morgan fingerprint density at radius 2 is 1.12 bits per heavy atom. The monoisotopic (exact) mass is 396 g/mol. The molecule has 4 nitrogen and oxygen atoms in total. The van der Waals surface area contributed by atoms with E-state index in [1.54, 1.807) is 0 Å². The summed E-state index contributed by atoms with van der Waals surface area (Å²) in [4.78, 5) is 22.9. The molecule has 0 unspecified atom stereocenters. The summed E-state index contributed by atoms with van der Waals surface area (Å²) in [6.45, 7) is 9.08. The molecule has 1 aromatic carbocycles. The zero-order chi connectivity index (χ0) is 19.4. The highest BCUT2D eigenvalue weighted by Crippen LogP contribution is 2.16. The van der Waals surface area contributed by atoms with Gasteiger partial charge in [0.15, 0.2) is 0 Å². The van der Waals surface area contributed by atoms with Crippen LogP contribution in [-0.4, -0.2) is 36.4 Å². The molecule has 2 N–H and O–H groups in total.